The summed E-state index contributed by atoms with van der Waals surface area (Å²) in [5.41, 5.74) is 0. The summed E-state index contributed by atoms with van der Waals surface area (Å²) >= 11 is 0. The molecule has 0 aromatic heterocycles. The van der Waals surface area contributed by atoms with Gasteiger partial charge < -0.3 is 5.32 Å². The summed E-state index contributed by atoms with van der Waals surface area (Å²) in [6.45, 7) is 5.34. The summed E-state index contributed by atoms with van der Waals surface area (Å²) in [5, 5.41) is 3.05. The molecule has 1 N–H and O–H groups in total. The molecule has 0 saturated carbocycles. The van der Waals surface area contributed by atoms with E-state index in [0.29, 0.717) is 13.0 Å². The van der Waals surface area contributed by atoms with Crippen LogP contribution in [0.15, 0.2) is 0 Å². The Kier molecular flexibility index (Phi) is 4.83. The van der Waals surface area contributed by atoms with E-state index < -0.39 is 24.4 Å². The Morgan fingerprint density at radius 3 is 2.39 bits per heavy atom. The topological polar surface area (TPSA) is 80.3 Å². The van der Waals surface area contributed by atoms with Crippen molar-refractivity contribution in [2.24, 2.45) is 0 Å². The standard InChI is InChI=1S/C11H23NO4S2/c1-11(2,3)18(15,16)8-6-12-10-5-4-7-17(13,14)9-10/h10,12H,4-9H2,1-3H3. The highest BCUT2D eigenvalue weighted by molar-refractivity contribution is 7.92. The highest BCUT2D eigenvalue weighted by Gasteiger charge is 2.29. The van der Waals surface area contributed by atoms with Gasteiger partial charge in [0.2, 0.25) is 0 Å². The van der Waals surface area contributed by atoms with E-state index in [-0.39, 0.29) is 23.3 Å². The lowest BCUT2D eigenvalue weighted by molar-refractivity contribution is 0.488. The Morgan fingerprint density at radius 2 is 1.89 bits per heavy atom. The van der Waals surface area contributed by atoms with Gasteiger partial charge in [0.25, 0.3) is 0 Å². The molecule has 1 rings (SSSR count). The van der Waals surface area contributed by atoms with Crippen LogP contribution < -0.4 is 5.32 Å². The van der Waals surface area contributed by atoms with E-state index in [4.69, 9.17) is 0 Å². The van der Waals surface area contributed by atoms with Crippen molar-refractivity contribution in [3.8, 4) is 0 Å². The van der Waals surface area contributed by atoms with Gasteiger partial charge in [-0.15, -0.1) is 0 Å². The molecule has 0 spiro atoms. The third-order valence-corrected chi connectivity index (χ3v) is 7.63. The first-order valence-corrected chi connectivity index (χ1v) is 9.67. The molecule has 18 heavy (non-hydrogen) atoms. The van der Waals surface area contributed by atoms with Crippen LogP contribution in [-0.4, -0.2) is 51.4 Å². The van der Waals surface area contributed by atoms with Crippen molar-refractivity contribution in [3.05, 3.63) is 0 Å². The van der Waals surface area contributed by atoms with Crippen molar-refractivity contribution in [3.63, 3.8) is 0 Å². The number of nitrogens with one attached hydrogen (secondary N) is 1. The number of sulfone groups is 2. The Morgan fingerprint density at radius 1 is 1.28 bits per heavy atom. The molecule has 1 saturated heterocycles. The van der Waals surface area contributed by atoms with Crippen LogP contribution in [0.1, 0.15) is 33.6 Å². The normalized spacial score (nSPS) is 24.9. The molecule has 5 nitrogen and oxygen atoms in total. The predicted octanol–water partition coefficient (Wildman–Crippen LogP) is 0.367. The van der Waals surface area contributed by atoms with Gasteiger partial charge in [-0.25, -0.2) is 16.8 Å². The Labute approximate surface area is 110 Å². The van der Waals surface area contributed by atoms with Gasteiger partial charge in [0.15, 0.2) is 19.7 Å². The second-order valence-electron chi connectivity index (χ2n) is 5.84. The third kappa shape index (κ3) is 4.51. The lowest BCUT2D eigenvalue weighted by Gasteiger charge is -2.24. The minimum Gasteiger partial charge on any atom is -0.312 e. The maximum atomic E-state index is 11.9. The quantitative estimate of drug-likeness (QED) is 0.811. The van der Waals surface area contributed by atoms with Crippen molar-refractivity contribution in [1.82, 2.24) is 5.32 Å². The van der Waals surface area contributed by atoms with E-state index in [1.54, 1.807) is 20.8 Å². The average molecular weight is 297 g/mol. The Bertz CT molecular complexity index is 474. The van der Waals surface area contributed by atoms with Crippen LogP contribution in [0.25, 0.3) is 0 Å². The first kappa shape index (κ1) is 15.9. The molecule has 1 unspecified atom stereocenters. The van der Waals surface area contributed by atoms with Crippen LogP contribution >= 0.6 is 0 Å². The van der Waals surface area contributed by atoms with Gasteiger partial charge in [-0.2, -0.15) is 0 Å². The fourth-order valence-electron chi connectivity index (χ4n) is 1.89. The zero-order valence-corrected chi connectivity index (χ0v) is 12.9. The summed E-state index contributed by atoms with van der Waals surface area (Å²) in [6.07, 6.45) is 1.46. The van der Waals surface area contributed by atoms with Gasteiger partial charge in [-0.3, -0.25) is 0 Å². The molecule has 0 aromatic rings. The van der Waals surface area contributed by atoms with Crippen molar-refractivity contribution in [1.29, 1.82) is 0 Å². The Hall–Kier alpha value is -0.140. The van der Waals surface area contributed by atoms with E-state index in [1.165, 1.54) is 0 Å². The lowest BCUT2D eigenvalue weighted by Crippen LogP contribution is -2.43. The highest BCUT2D eigenvalue weighted by Crippen LogP contribution is 2.16. The number of rotatable bonds is 4. The SMILES string of the molecule is CC(C)(C)S(=O)(=O)CCNC1CCCS(=O)(=O)C1. The first-order chi connectivity index (χ1) is 8.04. The van der Waals surface area contributed by atoms with Gasteiger partial charge in [0.05, 0.1) is 22.0 Å². The smallest absolute Gasteiger partial charge is 0.156 e. The monoisotopic (exact) mass is 297 g/mol. The Balaban J connectivity index is 2.44. The van der Waals surface area contributed by atoms with Crippen LogP contribution in [0, 0.1) is 0 Å². The van der Waals surface area contributed by atoms with Gasteiger partial charge in [-0.1, -0.05) is 0 Å². The fourth-order valence-corrected chi connectivity index (χ4v) is 4.56. The van der Waals surface area contributed by atoms with Crippen molar-refractivity contribution in [2.45, 2.75) is 44.4 Å². The summed E-state index contributed by atoms with van der Waals surface area (Å²) in [5.74, 6) is 0.432. The molecule has 0 aliphatic carbocycles. The molecular weight excluding hydrogens is 274 g/mol. The summed E-state index contributed by atoms with van der Waals surface area (Å²) in [6, 6.07) is -0.0982. The van der Waals surface area contributed by atoms with E-state index in [0.717, 1.165) is 6.42 Å². The van der Waals surface area contributed by atoms with Crippen molar-refractivity contribution in [2.75, 3.05) is 23.8 Å². The van der Waals surface area contributed by atoms with Crippen molar-refractivity contribution >= 4 is 19.7 Å². The molecule has 108 valence electrons. The molecule has 7 heteroatoms. The number of hydrogen-bond acceptors (Lipinski definition) is 5. The second kappa shape index (κ2) is 5.46. The molecule has 0 bridgehead atoms. The van der Waals surface area contributed by atoms with Crippen LogP contribution in [0.2, 0.25) is 0 Å². The van der Waals surface area contributed by atoms with Gasteiger partial charge in [-0.05, 0) is 33.6 Å². The zero-order valence-electron chi connectivity index (χ0n) is 11.3. The molecule has 1 atom stereocenters. The molecule has 1 aliphatic heterocycles. The zero-order chi connectivity index (χ0) is 14.0. The van der Waals surface area contributed by atoms with E-state index in [9.17, 15) is 16.8 Å². The van der Waals surface area contributed by atoms with Gasteiger partial charge >= 0.3 is 0 Å². The summed E-state index contributed by atoms with van der Waals surface area (Å²) < 4.78 is 45.8. The predicted molar refractivity (Wildman–Crippen MR) is 73.2 cm³/mol. The summed E-state index contributed by atoms with van der Waals surface area (Å²) in [4.78, 5) is 0. The molecule has 0 amide bonds. The summed E-state index contributed by atoms with van der Waals surface area (Å²) in [7, 11) is -6.08. The highest BCUT2D eigenvalue weighted by atomic mass is 32.2. The molecule has 1 aliphatic rings. The van der Waals surface area contributed by atoms with E-state index >= 15 is 0 Å². The molecule has 0 aromatic carbocycles. The van der Waals surface area contributed by atoms with Crippen LogP contribution in [0.5, 0.6) is 0 Å². The molecular formula is C11H23NO4S2. The minimum atomic E-state index is -3.14. The number of hydrogen-bond donors (Lipinski definition) is 1. The second-order valence-corrected chi connectivity index (χ2v) is 10.9. The molecule has 0 radical (unpaired) electrons. The van der Waals surface area contributed by atoms with Crippen LogP contribution in [0.4, 0.5) is 0 Å². The molecule has 1 fully saturated rings. The van der Waals surface area contributed by atoms with Gasteiger partial charge in [0, 0.05) is 12.6 Å². The third-order valence-electron chi connectivity index (χ3n) is 3.20. The van der Waals surface area contributed by atoms with Crippen molar-refractivity contribution < 1.29 is 16.8 Å². The minimum absolute atomic E-state index is 0.0487. The van der Waals surface area contributed by atoms with E-state index in [1.807, 2.05) is 0 Å². The van der Waals surface area contributed by atoms with Crippen LogP contribution in [-0.2, 0) is 19.7 Å². The lowest BCUT2D eigenvalue weighted by atomic mass is 10.2. The fraction of sp³-hybridized carbons (Fsp3) is 1.00. The van der Waals surface area contributed by atoms with Gasteiger partial charge in [0.1, 0.15) is 0 Å². The first-order valence-electron chi connectivity index (χ1n) is 6.20. The average Bonchev–Trinajstić information content (AvgIpc) is 2.13. The largest absolute Gasteiger partial charge is 0.312 e. The van der Waals surface area contributed by atoms with E-state index in [2.05, 4.69) is 5.32 Å². The van der Waals surface area contributed by atoms with Crippen LogP contribution in [0.3, 0.4) is 0 Å². The molecule has 1 heterocycles. The maximum absolute atomic E-state index is 11.9. The maximum Gasteiger partial charge on any atom is 0.156 e.